The fourth-order valence-electron chi connectivity index (χ4n) is 7.49. The Hall–Kier alpha value is -4.35. The van der Waals surface area contributed by atoms with Crippen molar-refractivity contribution in [3.8, 4) is 0 Å². The van der Waals surface area contributed by atoms with Crippen LogP contribution >= 0.6 is 7.60 Å². The topological polar surface area (TPSA) is 189 Å². The van der Waals surface area contributed by atoms with E-state index in [0.29, 0.717) is 28.5 Å². The standard InChI is InChI=1S/C35H39N4O8P/c1-19(2)15-21-16-28(31(40)37-29(35(43)44)17-22-18-36-27-12-4-3-9-23(22)27)38-32(48(45,46)47)24(21)13-14-39-33(41)25-10-5-7-20-8-6-11-26(30(20)25)34(39)42/h3-12,18-19,21,24,28-29,32,36,38H,13-17H2,1-2H3,(H,37,40)(H,43,44)(H2,45,46,47)/t21-,24+,28-,29+,32+/m1/s1. The summed E-state index contributed by atoms with van der Waals surface area (Å²) in [4.78, 5) is 78.3. The molecule has 252 valence electrons. The molecular formula is C35H39N4O8P. The van der Waals surface area contributed by atoms with Gasteiger partial charge in [0.2, 0.25) is 5.91 Å². The summed E-state index contributed by atoms with van der Waals surface area (Å²) in [5, 5.41) is 17.7. The van der Waals surface area contributed by atoms with Crippen LogP contribution in [0, 0.1) is 17.8 Å². The minimum absolute atomic E-state index is 0.00646. The SMILES string of the molecule is CC(C)C[C@@H]1C[C@H](C(=O)N[C@@H](Cc2c[nH]c3ccccc23)C(=O)O)N[C@@H](P(=O)(O)O)[C@H]1CCN1C(=O)c2cccc3cccc(c23)C1=O. The fraction of sp³-hybridized carbons (Fsp3) is 0.371. The molecule has 6 N–H and O–H groups in total. The zero-order chi connectivity index (χ0) is 34.3. The minimum Gasteiger partial charge on any atom is -0.480 e. The number of carbonyl (C=O) groups is 4. The number of benzene rings is 3. The molecule has 5 atom stereocenters. The quantitative estimate of drug-likeness (QED) is 0.0998. The first-order chi connectivity index (χ1) is 22.8. The summed E-state index contributed by atoms with van der Waals surface area (Å²) in [5.74, 6) is -5.24. The highest BCUT2D eigenvalue weighted by atomic mass is 31.2. The molecule has 3 aromatic carbocycles. The van der Waals surface area contributed by atoms with E-state index < -0.39 is 55.1 Å². The number of aromatic nitrogens is 1. The number of hydrogen-bond acceptors (Lipinski definition) is 6. The van der Waals surface area contributed by atoms with Crippen LogP contribution in [0.3, 0.4) is 0 Å². The molecule has 6 rings (SSSR count). The molecular weight excluding hydrogens is 635 g/mol. The van der Waals surface area contributed by atoms with Crippen LogP contribution in [0.25, 0.3) is 21.7 Å². The molecule has 0 bridgehead atoms. The number of rotatable bonds is 11. The predicted octanol–water partition coefficient (Wildman–Crippen LogP) is 4.26. The van der Waals surface area contributed by atoms with Gasteiger partial charge in [-0.05, 0) is 66.2 Å². The second-order valence-corrected chi connectivity index (χ2v) is 15.0. The average molecular weight is 675 g/mol. The number of carbonyl (C=O) groups excluding carboxylic acids is 3. The maximum absolute atomic E-state index is 13.6. The van der Waals surface area contributed by atoms with Gasteiger partial charge < -0.3 is 25.2 Å². The molecule has 12 nitrogen and oxygen atoms in total. The van der Waals surface area contributed by atoms with Gasteiger partial charge in [-0.25, -0.2) is 4.79 Å². The lowest BCUT2D eigenvalue weighted by Crippen LogP contribution is -2.59. The molecule has 0 radical (unpaired) electrons. The van der Waals surface area contributed by atoms with Crippen molar-refractivity contribution >= 4 is 53.0 Å². The van der Waals surface area contributed by atoms with Crippen LogP contribution in [-0.4, -0.2) is 72.9 Å². The number of nitrogens with zero attached hydrogens (tertiary/aromatic N) is 1. The molecule has 0 aliphatic carbocycles. The van der Waals surface area contributed by atoms with Gasteiger partial charge in [0.15, 0.2) is 0 Å². The van der Waals surface area contributed by atoms with E-state index in [4.69, 9.17) is 0 Å². The van der Waals surface area contributed by atoms with Crippen LogP contribution in [0.1, 0.15) is 59.4 Å². The van der Waals surface area contributed by atoms with E-state index in [0.717, 1.165) is 21.2 Å². The number of hydrogen-bond donors (Lipinski definition) is 6. The fourth-order valence-corrected chi connectivity index (χ4v) is 8.75. The number of carboxylic acid groups (broad SMARTS) is 1. The normalized spacial score (nSPS) is 22.0. The second-order valence-electron chi connectivity index (χ2n) is 13.3. The van der Waals surface area contributed by atoms with Crippen molar-refractivity contribution in [1.29, 1.82) is 0 Å². The van der Waals surface area contributed by atoms with E-state index >= 15 is 0 Å². The zero-order valence-electron chi connectivity index (χ0n) is 26.6. The molecule has 48 heavy (non-hydrogen) atoms. The van der Waals surface area contributed by atoms with Crippen LogP contribution in [0.5, 0.6) is 0 Å². The number of aromatic amines is 1. The number of nitrogens with one attached hydrogen (secondary N) is 3. The number of carboxylic acids is 1. The van der Waals surface area contributed by atoms with Crippen LogP contribution in [-0.2, 0) is 20.6 Å². The molecule has 3 heterocycles. The number of H-pyrrole nitrogens is 1. The summed E-state index contributed by atoms with van der Waals surface area (Å²) in [5.41, 5.74) is 2.33. The smallest absolute Gasteiger partial charge is 0.342 e. The summed E-state index contributed by atoms with van der Waals surface area (Å²) in [6.07, 6.45) is 2.52. The molecule has 3 amide bonds. The Kier molecular flexibility index (Phi) is 9.28. The van der Waals surface area contributed by atoms with Crippen molar-refractivity contribution in [2.45, 2.75) is 57.4 Å². The molecule has 1 fully saturated rings. The Labute approximate surface area is 277 Å². The molecule has 0 unspecified atom stereocenters. The van der Waals surface area contributed by atoms with Gasteiger partial charge >= 0.3 is 13.6 Å². The number of imide groups is 1. The highest BCUT2D eigenvalue weighted by molar-refractivity contribution is 7.52. The summed E-state index contributed by atoms with van der Waals surface area (Å²) < 4.78 is 13.0. The van der Waals surface area contributed by atoms with Gasteiger partial charge in [0.25, 0.3) is 11.8 Å². The monoisotopic (exact) mass is 674 g/mol. The first-order valence-electron chi connectivity index (χ1n) is 16.1. The number of amides is 3. The molecule has 0 saturated carbocycles. The maximum Gasteiger partial charge on any atom is 0.342 e. The number of aliphatic carboxylic acids is 1. The van der Waals surface area contributed by atoms with E-state index in [9.17, 15) is 38.6 Å². The predicted molar refractivity (Wildman–Crippen MR) is 179 cm³/mol. The first-order valence-corrected chi connectivity index (χ1v) is 17.8. The summed E-state index contributed by atoms with van der Waals surface area (Å²) in [6.45, 7) is 3.87. The lowest BCUT2D eigenvalue weighted by atomic mass is 9.76. The van der Waals surface area contributed by atoms with Crippen molar-refractivity contribution in [3.05, 3.63) is 83.6 Å². The van der Waals surface area contributed by atoms with E-state index in [1.807, 2.05) is 50.2 Å². The molecule has 1 aromatic heterocycles. The molecule has 1 saturated heterocycles. The van der Waals surface area contributed by atoms with Crippen molar-refractivity contribution in [2.75, 3.05) is 6.54 Å². The van der Waals surface area contributed by atoms with Gasteiger partial charge in [-0.2, -0.15) is 0 Å². The summed E-state index contributed by atoms with van der Waals surface area (Å²) >= 11 is 0. The van der Waals surface area contributed by atoms with Crippen LogP contribution in [0.15, 0.2) is 66.9 Å². The van der Waals surface area contributed by atoms with Crippen LogP contribution in [0.2, 0.25) is 0 Å². The third-order valence-electron chi connectivity index (χ3n) is 9.63. The summed E-state index contributed by atoms with van der Waals surface area (Å²) in [7, 11) is -4.87. The van der Waals surface area contributed by atoms with Gasteiger partial charge in [-0.3, -0.25) is 29.2 Å². The molecule has 0 spiro atoms. The van der Waals surface area contributed by atoms with Crippen LogP contribution < -0.4 is 10.6 Å². The third kappa shape index (κ3) is 6.53. The summed E-state index contributed by atoms with van der Waals surface area (Å²) in [6, 6.07) is 15.6. The van der Waals surface area contributed by atoms with E-state index in [1.165, 1.54) is 0 Å². The van der Waals surface area contributed by atoms with Crippen molar-refractivity contribution in [3.63, 3.8) is 0 Å². The Balaban J connectivity index is 1.22. The lowest BCUT2D eigenvalue weighted by molar-refractivity contribution is -0.142. The van der Waals surface area contributed by atoms with Gasteiger partial charge in [0.1, 0.15) is 11.8 Å². The second kappa shape index (κ2) is 13.3. The van der Waals surface area contributed by atoms with E-state index in [-0.39, 0.29) is 37.6 Å². The average Bonchev–Trinajstić information content (AvgIpc) is 3.45. The number of para-hydroxylation sites is 1. The largest absolute Gasteiger partial charge is 0.480 e. The van der Waals surface area contributed by atoms with E-state index in [1.54, 1.807) is 30.5 Å². The number of piperidine rings is 1. The molecule has 13 heteroatoms. The Morgan fingerprint density at radius 3 is 2.29 bits per heavy atom. The molecule has 2 aliphatic rings. The molecule has 4 aromatic rings. The van der Waals surface area contributed by atoms with Crippen molar-refractivity contribution in [1.82, 2.24) is 20.5 Å². The van der Waals surface area contributed by atoms with E-state index in [2.05, 4.69) is 15.6 Å². The third-order valence-corrected chi connectivity index (χ3v) is 10.9. The van der Waals surface area contributed by atoms with Gasteiger partial charge in [-0.1, -0.05) is 56.3 Å². The lowest BCUT2D eigenvalue weighted by Gasteiger charge is -2.44. The van der Waals surface area contributed by atoms with Gasteiger partial charge in [-0.15, -0.1) is 0 Å². The Morgan fingerprint density at radius 2 is 1.67 bits per heavy atom. The highest BCUT2D eigenvalue weighted by Gasteiger charge is 2.48. The van der Waals surface area contributed by atoms with Crippen LogP contribution in [0.4, 0.5) is 0 Å². The molecule has 2 aliphatic heterocycles. The highest BCUT2D eigenvalue weighted by Crippen LogP contribution is 2.50. The first kappa shape index (κ1) is 33.5. The Bertz CT molecular complexity index is 1900. The van der Waals surface area contributed by atoms with Gasteiger partial charge in [0, 0.05) is 46.6 Å². The Morgan fingerprint density at radius 1 is 1.00 bits per heavy atom. The van der Waals surface area contributed by atoms with Crippen molar-refractivity contribution in [2.24, 2.45) is 17.8 Å². The maximum atomic E-state index is 13.6. The number of fused-ring (bicyclic) bond motifs is 1. The van der Waals surface area contributed by atoms with Crippen molar-refractivity contribution < 1.29 is 38.6 Å². The van der Waals surface area contributed by atoms with Gasteiger partial charge in [0.05, 0.1) is 6.04 Å². The minimum atomic E-state index is -4.87. The zero-order valence-corrected chi connectivity index (χ0v) is 27.5.